The summed E-state index contributed by atoms with van der Waals surface area (Å²) in [5.74, 6) is 0.778. The Bertz CT molecular complexity index is 689. The fourth-order valence-electron chi connectivity index (χ4n) is 2.53. The number of carbonyl (C=O) groups excluding carboxylic acids is 1. The van der Waals surface area contributed by atoms with Crippen molar-refractivity contribution in [1.82, 2.24) is 15.1 Å². The Morgan fingerprint density at radius 1 is 1.38 bits per heavy atom. The number of ether oxygens (including phenoxy) is 2. The Balaban J connectivity index is 1.60. The lowest BCUT2D eigenvalue weighted by atomic mass is 10.2. The first-order chi connectivity index (χ1) is 11.6. The van der Waals surface area contributed by atoms with Crippen LogP contribution in [0, 0.1) is 0 Å². The first-order valence-electron chi connectivity index (χ1n) is 7.63. The normalized spacial score (nSPS) is 18.5. The minimum absolute atomic E-state index is 0.167. The summed E-state index contributed by atoms with van der Waals surface area (Å²) in [5, 5.41) is 8.21. The van der Waals surface area contributed by atoms with Crippen LogP contribution >= 0.6 is 15.9 Å². The molecule has 0 bridgehead atoms. The van der Waals surface area contributed by atoms with Crippen molar-refractivity contribution in [2.75, 3.05) is 26.8 Å². The van der Waals surface area contributed by atoms with E-state index in [4.69, 9.17) is 9.15 Å². The van der Waals surface area contributed by atoms with E-state index in [-0.39, 0.29) is 18.5 Å². The third-order valence-electron chi connectivity index (χ3n) is 3.76. The van der Waals surface area contributed by atoms with Crippen LogP contribution in [0.5, 0.6) is 0 Å². The largest absolute Gasteiger partial charge is 0.469 e. The molecule has 8 heteroatoms. The predicted octanol–water partition coefficient (Wildman–Crippen LogP) is 2.26. The smallest absolute Gasteiger partial charge is 0.308 e. The van der Waals surface area contributed by atoms with Crippen LogP contribution in [0.1, 0.15) is 12.3 Å². The zero-order valence-electron chi connectivity index (χ0n) is 13.3. The number of esters is 1. The second-order valence-electron chi connectivity index (χ2n) is 5.52. The molecule has 1 aromatic carbocycles. The van der Waals surface area contributed by atoms with Crippen LogP contribution in [0.25, 0.3) is 11.5 Å². The minimum atomic E-state index is -0.267. The molecule has 1 aliphatic heterocycles. The highest BCUT2D eigenvalue weighted by Gasteiger charge is 2.24. The van der Waals surface area contributed by atoms with Gasteiger partial charge in [-0.05, 0) is 24.3 Å². The quantitative estimate of drug-likeness (QED) is 0.718. The van der Waals surface area contributed by atoms with Gasteiger partial charge < -0.3 is 13.9 Å². The molecule has 1 fully saturated rings. The zero-order valence-corrected chi connectivity index (χ0v) is 14.9. The predicted molar refractivity (Wildman–Crippen MR) is 89.1 cm³/mol. The fraction of sp³-hybridized carbons (Fsp3) is 0.438. The molecule has 0 spiro atoms. The number of hydrogen-bond acceptors (Lipinski definition) is 7. The highest BCUT2D eigenvalue weighted by atomic mass is 79.9. The number of morpholine rings is 1. The van der Waals surface area contributed by atoms with Crippen molar-refractivity contribution in [3.05, 3.63) is 34.6 Å². The lowest BCUT2D eigenvalue weighted by Gasteiger charge is -2.31. The fourth-order valence-corrected chi connectivity index (χ4v) is 2.80. The summed E-state index contributed by atoms with van der Waals surface area (Å²) in [6.07, 6.45) is 0.0844. The van der Waals surface area contributed by atoms with Crippen molar-refractivity contribution in [3.8, 4) is 11.5 Å². The maximum Gasteiger partial charge on any atom is 0.308 e. The summed E-state index contributed by atoms with van der Waals surface area (Å²) in [6.45, 7) is 2.48. The van der Waals surface area contributed by atoms with Crippen molar-refractivity contribution < 1.29 is 18.7 Å². The van der Waals surface area contributed by atoms with Crippen LogP contribution in [0.2, 0.25) is 0 Å². The summed E-state index contributed by atoms with van der Waals surface area (Å²) < 4.78 is 17.0. The van der Waals surface area contributed by atoms with Gasteiger partial charge in [0, 0.05) is 23.1 Å². The molecule has 2 heterocycles. The summed E-state index contributed by atoms with van der Waals surface area (Å²) in [4.78, 5) is 13.5. The standard InChI is InChI=1S/C16H18BrN3O4/c1-22-15(21)8-13-9-20(6-7-23-13)10-14-18-19-16(24-14)11-2-4-12(17)5-3-11/h2-5,13H,6-10H2,1H3/t13-/m1/s1. The molecule has 0 aliphatic carbocycles. The van der Waals surface area contributed by atoms with Gasteiger partial charge in [-0.3, -0.25) is 9.69 Å². The molecule has 0 saturated carbocycles. The molecule has 1 saturated heterocycles. The summed E-state index contributed by atoms with van der Waals surface area (Å²) in [7, 11) is 1.38. The number of aromatic nitrogens is 2. The van der Waals surface area contributed by atoms with Gasteiger partial charge in [-0.15, -0.1) is 10.2 Å². The van der Waals surface area contributed by atoms with E-state index in [1.807, 2.05) is 24.3 Å². The molecule has 3 rings (SSSR count). The van der Waals surface area contributed by atoms with Crippen molar-refractivity contribution in [3.63, 3.8) is 0 Å². The van der Waals surface area contributed by atoms with Crippen LogP contribution < -0.4 is 0 Å². The number of benzene rings is 1. The number of nitrogens with zero attached hydrogens (tertiary/aromatic N) is 3. The van der Waals surface area contributed by atoms with Crippen LogP contribution in [-0.2, 0) is 20.8 Å². The Hall–Kier alpha value is -1.77. The number of hydrogen-bond donors (Lipinski definition) is 0. The van der Waals surface area contributed by atoms with Crippen LogP contribution in [0.15, 0.2) is 33.2 Å². The Kier molecular flexibility index (Phi) is 5.60. The average molecular weight is 396 g/mol. The van der Waals surface area contributed by atoms with Gasteiger partial charge in [0.15, 0.2) is 0 Å². The number of halogens is 1. The van der Waals surface area contributed by atoms with E-state index in [9.17, 15) is 4.79 Å². The maximum atomic E-state index is 11.4. The highest BCUT2D eigenvalue weighted by Crippen LogP contribution is 2.21. The van der Waals surface area contributed by atoms with Gasteiger partial charge in [-0.25, -0.2) is 0 Å². The topological polar surface area (TPSA) is 77.7 Å². The third kappa shape index (κ3) is 4.40. The summed E-state index contributed by atoms with van der Waals surface area (Å²) in [5.41, 5.74) is 0.877. The molecule has 0 amide bonds. The van der Waals surface area contributed by atoms with E-state index in [2.05, 4.69) is 35.8 Å². The van der Waals surface area contributed by atoms with E-state index in [1.54, 1.807) is 0 Å². The van der Waals surface area contributed by atoms with Crippen LogP contribution in [-0.4, -0.2) is 54.0 Å². The first kappa shape index (κ1) is 17.1. The Morgan fingerprint density at radius 3 is 2.92 bits per heavy atom. The van der Waals surface area contributed by atoms with Gasteiger partial charge in [0.25, 0.3) is 0 Å². The van der Waals surface area contributed by atoms with Gasteiger partial charge in [0.05, 0.1) is 32.8 Å². The maximum absolute atomic E-state index is 11.4. The lowest BCUT2D eigenvalue weighted by molar-refractivity contribution is -0.145. The number of methoxy groups -OCH3 is 1. The molecule has 2 aromatic rings. The molecule has 1 aromatic heterocycles. The number of carbonyl (C=O) groups is 1. The van der Waals surface area contributed by atoms with Gasteiger partial charge in [-0.1, -0.05) is 15.9 Å². The second kappa shape index (κ2) is 7.87. The van der Waals surface area contributed by atoms with Crippen LogP contribution in [0.3, 0.4) is 0 Å². The summed E-state index contributed by atoms with van der Waals surface area (Å²) >= 11 is 3.40. The zero-order chi connectivity index (χ0) is 16.9. The molecule has 0 N–H and O–H groups in total. The van der Waals surface area contributed by atoms with Crippen LogP contribution in [0.4, 0.5) is 0 Å². The van der Waals surface area contributed by atoms with Gasteiger partial charge in [-0.2, -0.15) is 0 Å². The SMILES string of the molecule is COC(=O)C[C@@H]1CN(Cc2nnc(-c3ccc(Br)cc3)o2)CCO1. The average Bonchev–Trinajstić information content (AvgIpc) is 3.04. The molecule has 7 nitrogen and oxygen atoms in total. The molecular formula is C16H18BrN3O4. The number of rotatable bonds is 5. The molecular weight excluding hydrogens is 378 g/mol. The monoisotopic (exact) mass is 395 g/mol. The molecule has 24 heavy (non-hydrogen) atoms. The van der Waals surface area contributed by atoms with Crippen molar-refractivity contribution in [1.29, 1.82) is 0 Å². The van der Waals surface area contributed by atoms with E-state index < -0.39 is 0 Å². The molecule has 0 unspecified atom stereocenters. The highest BCUT2D eigenvalue weighted by molar-refractivity contribution is 9.10. The third-order valence-corrected chi connectivity index (χ3v) is 4.29. The van der Waals surface area contributed by atoms with Gasteiger partial charge in [0.2, 0.25) is 11.8 Å². The van der Waals surface area contributed by atoms with Crippen molar-refractivity contribution >= 4 is 21.9 Å². The minimum Gasteiger partial charge on any atom is -0.469 e. The first-order valence-corrected chi connectivity index (χ1v) is 8.42. The molecule has 0 radical (unpaired) electrons. The molecule has 1 atom stereocenters. The van der Waals surface area contributed by atoms with E-state index in [1.165, 1.54) is 7.11 Å². The lowest BCUT2D eigenvalue weighted by Crippen LogP contribution is -2.42. The summed E-state index contributed by atoms with van der Waals surface area (Å²) in [6, 6.07) is 7.70. The Morgan fingerprint density at radius 2 is 2.17 bits per heavy atom. The molecule has 128 valence electrons. The van der Waals surface area contributed by atoms with E-state index in [0.29, 0.717) is 31.5 Å². The molecule has 1 aliphatic rings. The van der Waals surface area contributed by atoms with Crippen molar-refractivity contribution in [2.24, 2.45) is 0 Å². The van der Waals surface area contributed by atoms with E-state index in [0.717, 1.165) is 16.6 Å². The Labute approximate surface area is 148 Å². The van der Waals surface area contributed by atoms with E-state index >= 15 is 0 Å². The van der Waals surface area contributed by atoms with Crippen molar-refractivity contribution in [2.45, 2.75) is 19.1 Å². The van der Waals surface area contributed by atoms with Gasteiger partial charge >= 0.3 is 5.97 Å². The van der Waals surface area contributed by atoms with Gasteiger partial charge in [0.1, 0.15) is 0 Å². The second-order valence-corrected chi connectivity index (χ2v) is 6.43.